The Morgan fingerprint density at radius 1 is 1.00 bits per heavy atom. The summed E-state index contributed by atoms with van der Waals surface area (Å²) in [7, 11) is 0. The van der Waals surface area contributed by atoms with Crippen LogP contribution in [0.2, 0.25) is 0 Å². The standard InChI is InChI=1S/C15H16N2O/c1-10-3-5-12(6-4-10)18-13-7-8-14(15(16)17)11(2)9-13/h3-9H,1-2H3,(H3,16,17). The van der Waals surface area contributed by atoms with E-state index < -0.39 is 0 Å². The third-order valence-corrected chi connectivity index (χ3v) is 2.74. The Kier molecular flexibility index (Phi) is 3.33. The summed E-state index contributed by atoms with van der Waals surface area (Å²) < 4.78 is 5.74. The van der Waals surface area contributed by atoms with Crippen LogP contribution in [0.3, 0.4) is 0 Å². The van der Waals surface area contributed by atoms with Crippen molar-refractivity contribution in [3.05, 3.63) is 59.2 Å². The molecule has 0 saturated heterocycles. The van der Waals surface area contributed by atoms with Gasteiger partial charge in [0.1, 0.15) is 17.3 Å². The van der Waals surface area contributed by atoms with E-state index in [-0.39, 0.29) is 5.84 Å². The summed E-state index contributed by atoms with van der Waals surface area (Å²) in [6.45, 7) is 3.95. The van der Waals surface area contributed by atoms with Crippen LogP contribution in [0.15, 0.2) is 42.5 Å². The van der Waals surface area contributed by atoms with Crippen molar-refractivity contribution in [3.8, 4) is 11.5 Å². The molecule has 0 fully saturated rings. The quantitative estimate of drug-likeness (QED) is 0.638. The van der Waals surface area contributed by atoms with Gasteiger partial charge in [0.2, 0.25) is 0 Å². The molecule has 18 heavy (non-hydrogen) atoms. The lowest BCUT2D eigenvalue weighted by Crippen LogP contribution is -2.12. The molecule has 0 aromatic heterocycles. The molecule has 0 atom stereocenters. The first-order valence-corrected chi connectivity index (χ1v) is 5.76. The number of nitrogen functional groups attached to an aromatic ring is 1. The SMILES string of the molecule is Cc1ccc(Oc2ccc(C(=N)N)c(C)c2)cc1. The first-order valence-electron chi connectivity index (χ1n) is 5.76. The van der Waals surface area contributed by atoms with Crippen LogP contribution in [0.5, 0.6) is 11.5 Å². The fraction of sp³-hybridized carbons (Fsp3) is 0.133. The summed E-state index contributed by atoms with van der Waals surface area (Å²) in [5.41, 5.74) is 8.35. The fourth-order valence-electron chi connectivity index (χ4n) is 1.74. The number of nitrogens with one attached hydrogen (secondary N) is 1. The smallest absolute Gasteiger partial charge is 0.127 e. The van der Waals surface area contributed by atoms with Crippen molar-refractivity contribution in [1.82, 2.24) is 0 Å². The Hall–Kier alpha value is -2.29. The van der Waals surface area contributed by atoms with Crippen LogP contribution in [0.1, 0.15) is 16.7 Å². The van der Waals surface area contributed by atoms with Crippen LogP contribution in [-0.2, 0) is 0 Å². The minimum absolute atomic E-state index is 0.0781. The van der Waals surface area contributed by atoms with Gasteiger partial charge in [0.15, 0.2) is 0 Å². The summed E-state index contributed by atoms with van der Waals surface area (Å²) in [4.78, 5) is 0. The van der Waals surface area contributed by atoms with E-state index in [1.807, 2.05) is 50.2 Å². The largest absolute Gasteiger partial charge is 0.457 e. The summed E-state index contributed by atoms with van der Waals surface area (Å²) in [5.74, 6) is 1.63. The van der Waals surface area contributed by atoms with Gasteiger partial charge >= 0.3 is 0 Å². The first kappa shape index (κ1) is 12.2. The van der Waals surface area contributed by atoms with Gasteiger partial charge in [-0.15, -0.1) is 0 Å². The van der Waals surface area contributed by atoms with E-state index in [9.17, 15) is 0 Å². The summed E-state index contributed by atoms with van der Waals surface area (Å²) in [6, 6.07) is 13.4. The molecular formula is C15H16N2O. The molecule has 0 bridgehead atoms. The lowest BCUT2D eigenvalue weighted by atomic mass is 10.1. The second kappa shape index (κ2) is 4.92. The molecule has 92 valence electrons. The van der Waals surface area contributed by atoms with E-state index in [0.29, 0.717) is 0 Å². The van der Waals surface area contributed by atoms with Crippen molar-refractivity contribution in [2.75, 3.05) is 0 Å². The monoisotopic (exact) mass is 240 g/mol. The maximum atomic E-state index is 7.43. The minimum Gasteiger partial charge on any atom is -0.457 e. The predicted octanol–water partition coefficient (Wildman–Crippen LogP) is 3.38. The fourth-order valence-corrected chi connectivity index (χ4v) is 1.74. The highest BCUT2D eigenvalue weighted by atomic mass is 16.5. The van der Waals surface area contributed by atoms with E-state index in [4.69, 9.17) is 15.9 Å². The van der Waals surface area contributed by atoms with Gasteiger partial charge in [0, 0.05) is 5.56 Å². The van der Waals surface area contributed by atoms with E-state index in [1.165, 1.54) is 5.56 Å². The third kappa shape index (κ3) is 2.69. The van der Waals surface area contributed by atoms with E-state index in [0.717, 1.165) is 22.6 Å². The second-order valence-electron chi connectivity index (χ2n) is 4.31. The highest BCUT2D eigenvalue weighted by Crippen LogP contribution is 2.23. The number of hydrogen-bond donors (Lipinski definition) is 2. The normalized spacial score (nSPS) is 10.1. The Morgan fingerprint density at radius 2 is 1.61 bits per heavy atom. The predicted molar refractivity (Wildman–Crippen MR) is 73.4 cm³/mol. The molecule has 0 amide bonds. The molecule has 3 heteroatoms. The maximum Gasteiger partial charge on any atom is 0.127 e. The molecule has 0 aliphatic heterocycles. The van der Waals surface area contributed by atoms with Gasteiger partial charge in [0.05, 0.1) is 0 Å². The van der Waals surface area contributed by atoms with Crippen molar-refractivity contribution >= 4 is 5.84 Å². The summed E-state index contributed by atoms with van der Waals surface area (Å²) in [6.07, 6.45) is 0. The zero-order valence-electron chi connectivity index (χ0n) is 10.5. The zero-order valence-corrected chi connectivity index (χ0v) is 10.5. The lowest BCUT2D eigenvalue weighted by Gasteiger charge is -2.09. The van der Waals surface area contributed by atoms with Crippen LogP contribution in [0.25, 0.3) is 0 Å². The third-order valence-electron chi connectivity index (χ3n) is 2.74. The molecule has 0 spiro atoms. The molecule has 2 aromatic rings. The van der Waals surface area contributed by atoms with E-state index >= 15 is 0 Å². The molecule has 2 rings (SSSR count). The number of benzene rings is 2. The summed E-state index contributed by atoms with van der Waals surface area (Å²) >= 11 is 0. The van der Waals surface area contributed by atoms with Crippen LogP contribution in [0.4, 0.5) is 0 Å². The van der Waals surface area contributed by atoms with Gasteiger partial charge in [-0.25, -0.2) is 0 Å². The molecule has 3 nitrogen and oxygen atoms in total. The number of aryl methyl sites for hydroxylation is 2. The first-order chi connectivity index (χ1) is 8.56. The number of rotatable bonds is 3. The molecule has 0 saturated carbocycles. The van der Waals surface area contributed by atoms with Gasteiger partial charge in [-0.1, -0.05) is 17.7 Å². The molecule has 0 aliphatic rings. The molecular weight excluding hydrogens is 224 g/mol. The number of hydrogen-bond acceptors (Lipinski definition) is 2. The molecule has 0 unspecified atom stereocenters. The van der Waals surface area contributed by atoms with Gasteiger partial charge < -0.3 is 10.5 Å². The number of amidine groups is 1. The topological polar surface area (TPSA) is 59.1 Å². The van der Waals surface area contributed by atoms with Crippen molar-refractivity contribution in [2.24, 2.45) is 5.73 Å². The van der Waals surface area contributed by atoms with Crippen LogP contribution < -0.4 is 10.5 Å². The number of ether oxygens (including phenoxy) is 1. The van der Waals surface area contributed by atoms with Crippen molar-refractivity contribution in [3.63, 3.8) is 0 Å². The average molecular weight is 240 g/mol. The number of nitrogens with two attached hydrogens (primary N) is 1. The Morgan fingerprint density at radius 3 is 2.17 bits per heavy atom. The Balaban J connectivity index is 2.22. The van der Waals surface area contributed by atoms with Crippen LogP contribution in [-0.4, -0.2) is 5.84 Å². The van der Waals surface area contributed by atoms with Crippen LogP contribution in [0, 0.1) is 19.3 Å². The van der Waals surface area contributed by atoms with E-state index in [2.05, 4.69) is 0 Å². The maximum absolute atomic E-state index is 7.43. The molecule has 3 N–H and O–H groups in total. The van der Waals surface area contributed by atoms with Crippen molar-refractivity contribution in [2.45, 2.75) is 13.8 Å². The summed E-state index contributed by atoms with van der Waals surface area (Å²) in [5, 5.41) is 7.43. The van der Waals surface area contributed by atoms with Crippen molar-refractivity contribution < 1.29 is 4.74 Å². The highest BCUT2D eigenvalue weighted by Gasteiger charge is 2.04. The lowest BCUT2D eigenvalue weighted by molar-refractivity contribution is 0.482. The van der Waals surface area contributed by atoms with Gasteiger partial charge in [0.25, 0.3) is 0 Å². The van der Waals surface area contributed by atoms with Crippen LogP contribution >= 0.6 is 0 Å². The molecule has 0 heterocycles. The zero-order chi connectivity index (χ0) is 13.1. The molecule has 0 aliphatic carbocycles. The highest BCUT2D eigenvalue weighted by molar-refractivity contribution is 5.96. The second-order valence-corrected chi connectivity index (χ2v) is 4.31. The molecule has 2 aromatic carbocycles. The van der Waals surface area contributed by atoms with E-state index in [1.54, 1.807) is 6.07 Å². The Labute approximate surface area is 107 Å². The van der Waals surface area contributed by atoms with Gasteiger partial charge in [-0.2, -0.15) is 0 Å². The van der Waals surface area contributed by atoms with Crippen molar-refractivity contribution in [1.29, 1.82) is 5.41 Å². The Bertz CT molecular complexity index is 574. The minimum atomic E-state index is 0.0781. The average Bonchev–Trinajstić information content (AvgIpc) is 2.32. The van der Waals surface area contributed by atoms with Gasteiger partial charge in [-0.05, 0) is 49.7 Å². The van der Waals surface area contributed by atoms with Gasteiger partial charge in [-0.3, -0.25) is 5.41 Å². The molecule has 0 radical (unpaired) electrons.